The largest absolute Gasteiger partial charge is 0.497 e. The Bertz CT molecular complexity index is 1080. The third kappa shape index (κ3) is 4.66. The van der Waals surface area contributed by atoms with Crippen LogP contribution in [-0.4, -0.2) is 21.4 Å². The summed E-state index contributed by atoms with van der Waals surface area (Å²) in [6.07, 6.45) is 0. The van der Waals surface area contributed by atoms with Gasteiger partial charge >= 0.3 is 0 Å². The fourth-order valence-electron chi connectivity index (χ4n) is 2.42. The van der Waals surface area contributed by atoms with E-state index in [0.717, 1.165) is 12.1 Å². The molecular formula is C20H17FN2O4S. The van der Waals surface area contributed by atoms with Gasteiger partial charge in [0.05, 0.1) is 12.0 Å². The molecule has 8 heteroatoms. The number of anilines is 2. The molecule has 0 aliphatic heterocycles. The second kappa shape index (κ2) is 8.10. The molecule has 0 fully saturated rings. The van der Waals surface area contributed by atoms with Crippen molar-refractivity contribution in [2.24, 2.45) is 0 Å². The predicted molar refractivity (Wildman–Crippen MR) is 105 cm³/mol. The molecule has 144 valence electrons. The van der Waals surface area contributed by atoms with Crippen LogP contribution in [0.15, 0.2) is 77.7 Å². The highest BCUT2D eigenvalue weighted by molar-refractivity contribution is 7.92. The molecule has 0 radical (unpaired) electrons. The van der Waals surface area contributed by atoms with E-state index >= 15 is 0 Å². The number of nitrogens with one attached hydrogen (secondary N) is 2. The van der Waals surface area contributed by atoms with E-state index in [1.54, 1.807) is 31.4 Å². The molecule has 2 N–H and O–H groups in total. The molecule has 0 saturated heterocycles. The predicted octanol–water partition coefficient (Wildman–Crippen LogP) is 3.89. The molecule has 1 amide bonds. The zero-order valence-electron chi connectivity index (χ0n) is 14.8. The van der Waals surface area contributed by atoms with E-state index in [-0.39, 0.29) is 16.5 Å². The Hall–Kier alpha value is -3.39. The highest BCUT2D eigenvalue weighted by atomic mass is 32.2. The first-order valence-electron chi connectivity index (χ1n) is 8.21. The van der Waals surface area contributed by atoms with E-state index in [2.05, 4.69) is 10.0 Å². The number of amides is 1. The Labute approximate surface area is 162 Å². The molecule has 0 saturated carbocycles. The summed E-state index contributed by atoms with van der Waals surface area (Å²) in [6.45, 7) is 0. The van der Waals surface area contributed by atoms with Crippen LogP contribution >= 0.6 is 0 Å². The number of carbonyl (C=O) groups excluding carboxylic acids is 1. The summed E-state index contributed by atoms with van der Waals surface area (Å²) in [5.74, 6) is -0.314. The number of benzene rings is 3. The van der Waals surface area contributed by atoms with Crippen molar-refractivity contribution in [3.8, 4) is 5.75 Å². The molecule has 3 aromatic carbocycles. The first-order chi connectivity index (χ1) is 13.4. The van der Waals surface area contributed by atoms with Crippen molar-refractivity contribution < 1.29 is 22.3 Å². The number of ether oxygens (including phenoxy) is 1. The molecule has 0 unspecified atom stereocenters. The highest BCUT2D eigenvalue weighted by Gasteiger charge is 2.15. The van der Waals surface area contributed by atoms with E-state index in [9.17, 15) is 17.6 Å². The van der Waals surface area contributed by atoms with Crippen molar-refractivity contribution in [2.45, 2.75) is 4.90 Å². The molecule has 0 aromatic heterocycles. The van der Waals surface area contributed by atoms with Gasteiger partial charge < -0.3 is 10.1 Å². The van der Waals surface area contributed by atoms with E-state index in [0.29, 0.717) is 17.0 Å². The van der Waals surface area contributed by atoms with Crippen LogP contribution in [0.3, 0.4) is 0 Å². The number of methoxy groups -OCH3 is 1. The maximum absolute atomic E-state index is 13.3. The smallest absolute Gasteiger partial charge is 0.261 e. The molecule has 3 rings (SSSR count). The SMILES string of the molecule is COc1ccc(NC(=O)c2ccc(NS(=O)(=O)c3cccc(F)c3)cc2)cc1. The highest BCUT2D eigenvalue weighted by Crippen LogP contribution is 2.19. The lowest BCUT2D eigenvalue weighted by Gasteiger charge is -2.10. The van der Waals surface area contributed by atoms with Crippen LogP contribution in [0.1, 0.15) is 10.4 Å². The van der Waals surface area contributed by atoms with Gasteiger partial charge in [0.2, 0.25) is 0 Å². The van der Waals surface area contributed by atoms with Crippen LogP contribution < -0.4 is 14.8 Å². The zero-order chi connectivity index (χ0) is 20.1. The fraction of sp³-hybridized carbons (Fsp3) is 0.0500. The van der Waals surface area contributed by atoms with Gasteiger partial charge in [0.25, 0.3) is 15.9 Å². The second-order valence-electron chi connectivity index (χ2n) is 5.82. The molecule has 28 heavy (non-hydrogen) atoms. The van der Waals surface area contributed by atoms with Crippen LogP contribution in [0.4, 0.5) is 15.8 Å². The van der Waals surface area contributed by atoms with E-state index in [1.165, 1.54) is 36.4 Å². The van der Waals surface area contributed by atoms with Crippen molar-refractivity contribution in [1.82, 2.24) is 0 Å². The maximum Gasteiger partial charge on any atom is 0.261 e. The van der Waals surface area contributed by atoms with Gasteiger partial charge in [-0.25, -0.2) is 12.8 Å². The van der Waals surface area contributed by atoms with Gasteiger partial charge in [-0.15, -0.1) is 0 Å². The Morgan fingerprint density at radius 3 is 2.18 bits per heavy atom. The Morgan fingerprint density at radius 2 is 1.57 bits per heavy atom. The first-order valence-corrected chi connectivity index (χ1v) is 9.69. The number of hydrogen-bond acceptors (Lipinski definition) is 4. The lowest BCUT2D eigenvalue weighted by molar-refractivity contribution is 0.102. The van der Waals surface area contributed by atoms with Gasteiger partial charge in [-0.05, 0) is 66.7 Å². The van der Waals surface area contributed by atoms with Gasteiger partial charge in [-0.3, -0.25) is 9.52 Å². The summed E-state index contributed by atoms with van der Waals surface area (Å²) < 4.78 is 45.3. The molecular weight excluding hydrogens is 383 g/mol. The van der Waals surface area contributed by atoms with E-state index < -0.39 is 15.8 Å². The van der Waals surface area contributed by atoms with Crippen molar-refractivity contribution in [2.75, 3.05) is 17.1 Å². The van der Waals surface area contributed by atoms with Crippen LogP contribution in [0.25, 0.3) is 0 Å². The average molecular weight is 400 g/mol. The quantitative estimate of drug-likeness (QED) is 0.658. The summed E-state index contributed by atoms with van der Waals surface area (Å²) in [5, 5.41) is 2.73. The lowest BCUT2D eigenvalue weighted by atomic mass is 10.2. The van der Waals surface area contributed by atoms with Gasteiger partial charge in [0.1, 0.15) is 11.6 Å². The monoisotopic (exact) mass is 400 g/mol. The van der Waals surface area contributed by atoms with Crippen molar-refractivity contribution >= 4 is 27.3 Å². The van der Waals surface area contributed by atoms with Crippen LogP contribution in [-0.2, 0) is 10.0 Å². The minimum absolute atomic E-state index is 0.186. The number of carbonyl (C=O) groups is 1. The number of sulfonamides is 1. The molecule has 0 heterocycles. The molecule has 3 aromatic rings. The summed E-state index contributed by atoms with van der Waals surface area (Å²) >= 11 is 0. The van der Waals surface area contributed by atoms with Crippen LogP contribution in [0.2, 0.25) is 0 Å². The number of rotatable bonds is 6. The van der Waals surface area contributed by atoms with Crippen LogP contribution in [0, 0.1) is 5.82 Å². The summed E-state index contributed by atoms with van der Waals surface area (Å²) in [7, 11) is -2.37. The fourth-order valence-corrected chi connectivity index (χ4v) is 3.51. The molecule has 6 nitrogen and oxygen atoms in total. The third-order valence-corrected chi connectivity index (χ3v) is 5.23. The van der Waals surface area contributed by atoms with E-state index in [4.69, 9.17) is 4.74 Å². The number of hydrogen-bond donors (Lipinski definition) is 2. The standard InChI is InChI=1S/C20H17FN2O4S/c1-27-18-11-9-16(10-12-18)22-20(24)14-5-7-17(8-6-14)23-28(25,26)19-4-2-3-15(21)13-19/h2-13,23H,1H3,(H,22,24). The Morgan fingerprint density at radius 1 is 0.929 bits per heavy atom. The van der Waals surface area contributed by atoms with E-state index in [1.807, 2.05) is 0 Å². The first kappa shape index (κ1) is 19.4. The Balaban J connectivity index is 1.69. The number of halogens is 1. The molecule has 0 aliphatic carbocycles. The zero-order valence-corrected chi connectivity index (χ0v) is 15.7. The van der Waals surface area contributed by atoms with Gasteiger partial charge in [-0.2, -0.15) is 0 Å². The summed E-state index contributed by atoms with van der Waals surface area (Å²) in [4.78, 5) is 12.1. The molecule has 0 atom stereocenters. The topological polar surface area (TPSA) is 84.5 Å². The average Bonchev–Trinajstić information content (AvgIpc) is 2.69. The molecule has 0 aliphatic rings. The van der Waals surface area contributed by atoms with Gasteiger partial charge in [-0.1, -0.05) is 6.07 Å². The minimum Gasteiger partial charge on any atom is -0.497 e. The van der Waals surface area contributed by atoms with Crippen molar-refractivity contribution in [3.05, 3.63) is 84.2 Å². The Kier molecular flexibility index (Phi) is 5.60. The normalized spacial score (nSPS) is 10.9. The summed E-state index contributed by atoms with van der Waals surface area (Å²) in [6, 6.07) is 17.5. The maximum atomic E-state index is 13.3. The van der Waals surface area contributed by atoms with Crippen molar-refractivity contribution in [1.29, 1.82) is 0 Å². The third-order valence-electron chi connectivity index (χ3n) is 3.85. The van der Waals surface area contributed by atoms with Crippen LogP contribution in [0.5, 0.6) is 5.75 Å². The van der Waals surface area contributed by atoms with Gasteiger partial charge in [0, 0.05) is 16.9 Å². The second-order valence-corrected chi connectivity index (χ2v) is 7.51. The van der Waals surface area contributed by atoms with Gasteiger partial charge in [0.15, 0.2) is 0 Å². The lowest BCUT2D eigenvalue weighted by Crippen LogP contribution is -2.14. The minimum atomic E-state index is -3.93. The van der Waals surface area contributed by atoms with Crippen molar-refractivity contribution in [3.63, 3.8) is 0 Å². The molecule has 0 spiro atoms. The molecule has 0 bridgehead atoms. The summed E-state index contributed by atoms with van der Waals surface area (Å²) in [5.41, 5.74) is 1.21.